The van der Waals surface area contributed by atoms with Crippen LogP contribution in [0.3, 0.4) is 0 Å². The molecule has 0 radical (unpaired) electrons. The summed E-state index contributed by atoms with van der Waals surface area (Å²) in [5.41, 5.74) is 0.137. The summed E-state index contributed by atoms with van der Waals surface area (Å²) in [6.45, 7) is 5.02. The Morgan fingerprint density at radius 3 is 2.44 bits per heavy atom. The van der Waals surface area contributed by atoms with Gasteiger partial charge in [0.25, 0.3) is 0 Å². The highest BCUT2D eigenvalue weighted by Gasteiger charge is 2.46. The first kappa shape index (κ1) is 7.03. The summed E-state index contributed by atoms with van der Waals surface area (Å²) >= 11 is 0. The van der Waals surface area contributed by atoms with Crippen molar-refractivity contribution in [2.45, 2.75) is 32.0 Å². The predicted octanol–water partition coefficient (Wildman–Crippen LogP) is 1.20. The van der Waals surface area contributed by atoms with Crippen LogP contribution in [-0.2, 0) is 9.47 Å². The molecule has 0 saturated carbocycles. The van der Waals surface area contributed by atoms with Crippen LogP contribution in [0, 0.1) is 0 Å². The van der Waals surface area contributed by atoms with Crippen molar-refractivity contribution in [1.29, 1.82) is 0 Å². The van der Waals surface area contributed by atoms with Gasteiger partial charge in [-0.25, -0.2) is 0 Å². The van der Waals surface area contributed by atoms with Gasteiger partial charge in [-0.15, -0.1) is 0 Å². The monoisotopic (exact) mass is 130 g/mol. The third kappa shape index (κ3) is 1.66. The molecular weight excluding hydrogens is 116 g/mol. The molecule has 1 aliphatic heterocycles. The lowest BCUT2D eigenvalue weighted by molar-refractivity contribution is 0.184. The van der Waals surface area contributed by atoms with Crippen molar-refractivity contribution in [3.63, 3.8) is 0 Å². The van der Waals surface area contributed by atoms with Crippen molar-refractivity contribution >= 4 is 0 Å². The van der Waals surface area contributed by atoms with E-state index in [9.17, 15) is 0 Å². The molecule has 2 heteroatoms. The zero-order chi connectivity index (χ0) is 6.91. The molecule has 0 aromatic rings. The first-order valence-corrected chi connectivity index (χ1v) is 3.33. The molecule has 1 saturated heterocycles. The Morgan fingerprint density at radius 2 is 2.11 bits per heavy atom. The molecule has 0 aromatic heterocycles. The first-order valence-electron chi connectivity index (χ1n) is 3.33. The number of ether oxygens (including phenoxy) is 2. The van der Waals surface area contributed by atoms with Gasteiger partial charge in [0.1, 0.15) is 0 Å². The third-order valence-electron chi connectivity index (χ3n) is 1.75. The van der Waals surface area contributed by atoms with Crippen LogP contribution in [0.25, 0.3) is 0 Å². The van der Waals surface area contributed by atoms with Gasteiger partial charge in [0.2, 0.25) is 0 Å². The van der Waals surface area contributed by atoms with Crippen LogP contribution in [-0.4, -0.2) is 25.4 Å². The van der Waals surface area contributed by atoms with E-state index in [0.717, 1.165) is 13.0 Å². The van der Waals surface area contributed by atoms with Crippen molar-refractivity contribution in [1.82, 2.24) is 0 Å². The number of methoxy groups -OCH3 is 1. The predicted molar refractivity (Wildman–Crippen MR) is 35.4 cm³/mol. The van der Waals surface area contributed by atoms with Gasteiger partial charge < -0.3 is 9.47 Å². The van der Waals surface area contributed by atoms with E-state index >= 15 is 0 Å². The lowest BCUT2D eigenvalue weighted by Gasteiger charge is -1.94. The van der Waals surface area contributed by atoms with Gasteiger partial charge in [-0.1, -0.05) is 0 Å². The van der Waals surface area contributed by atoms with E-state index < -0.39 is 0 Å². The van der Waals surface area contributed by atoms with Crippen molar-refractivity contribution in [3.05, 3.63) is 0 Å². The fourth-order valence-electron chi connectivity index (χ4n) is 0.964. The van der Waals surface area contributed by atoms with Gasteiger partial charge in [-0.05, 0) is 20.3 Å². The molecule has 1 heterocycles. The molecular formula is C7H14O2. The smallest absolute Gasteiger partial charge is 0.0893 e. The molecule has 0 amide bonds. The maximum Gasteiger partial charge on any atom is 0.0893 e. The lowest BCUT2D eigenvalue weighted by Crippen LogP contribution is -2.05. The molecule has 1 unspecified atom stereocenters. The minimum atomic E-state index is 0.137. The summed E-state index contributed by atoms with van der Waals surface area (Å²) in [5, 5.41) is 0. The zero-order valence-corrected chi connectivity index (χ0v) is 6.31. The second kappa shape index (κ2) is 2.27. The van der Waals surface area contributed by atoms with E-state index in [1.54, 1.807) is 7.11 Å². The van der Waals surface area contributed by atoms with E-state index in [4.69, 9.17) is 9.47 Å². The second-order valence-electron chi connectivity index (χ2n) is 2.99. The van der Waals surface area contributed by atoms with Crippen LogP contribution < -0.4 is 0 Å². The van der Waals surface area contributed by atoms with E-state index in [0.29, 0.717) is 6.10 Å². The van der Waals surface area contributed by atoms with Gasteiger partial charge in [0.05, 0.1) is 11.7 Å². The van der Waals surface area contributed by atoms with E-state index in [1.165, 1.54) is 0 Å². The molecule has 0 aliphatic carbocycles. The molecule has 0 bridgehead atoms. The Hall–Kier alpha value is -0.0800. The highest BCUT2D eigenvalue weighted by Crippen LogP contribution is 2.37. The zero-order valence-electron chi connectivity index (χ0n) is 6.31. The fraction of sp³-hybridized carbons (Fsp3) is 1.00. The SMILES string of the molecule is COCCC1OC1(C)C. The normalized spacial score (nSPS) is 30.3. The van der Waals surface area contributed by atoms with Crippen LogP contribution in [0.1, 0.15) is 20.3 Å². The molecule has 54 valence electrons. The minimum absolute atomic E-state index is 0.137. The topological polar surface area (TPSA) is 21.8 Å². The van der Waals surface area contributed by atoms with Crippen molar-refractivity contribution in [2.75, 3.05) is 13.7 Å². The minimum Gasteiger partial charge on any atom is -0.385 e. The van der Waals surface area contributed by atoms with Gasteiger partial charge in [0, 0.05) is 13.7 Å². The Labute approximate surface area is 56.2 Å². The molecule has 0 spiro atoms. The number of hydrogen-bond acceptors (Lipinski definition) is 2. The van der Waals surface area contributed by atoms with Crippen LogP contribution in [0.2, 0.25) is 0 Å². The average molecular weight is 130 g/mol. The molecule has 1 atom stereocenters. The molecule has 1 aliphatic rings. The molecule has 0 N–H and O–H groups in total. The number of rotatable bonds is 3. The Bertz CT molecular complexity index is 99.1. The molecule has 1 rings (SSSR count). The van der Waals surface area contributed by atoms with E-state index in [-0.39, 0.29) is 5.60 Å². The number of hydrogen-bond donors (Lipinski definition) is 0. The van der Waals surface area contributed by atoms with Crippen molar-refractivity contribution in [2.24, 2.45) is 0 Å². The maximum absolute atomic E-state index is 5.33. The standard InChI is InChI=1S/C7H14O2/c1-7(2)6(9-7)4-5-8-3/h6H,4-5H2,1-3H3. The maximum atomic E-state index is 5.33. The van der Waals surface area contributed by atoms with Crippen LogP contribution in [0.5, 0.6) is 0 Å². The van der Waals surface area contributed by atoms with Crippen LogP contribution >= 0.6 is 0 Å². The van der Waals surface area contributed by atoms with Gasteiger partial charge in [-0.2, -0.15) is 0 Å². The third-order valence-corrected chi connectivity index (χ3v) is 1.75. The van der Waals surface area contributed by atoms with E-state index in [2.05, 4.69) is 13.8 Å². The average Bonchev–Trinajstić information content (AvgIpc) is 2.35. The largest absolute Gasteiger partial charge is 0.385 e. The van der Waals surface area contributed by atoms with E-state index in [1.807, 2.05) is 0 Å². The molecule has 9 heavy (non-hydrogen) atoms. The highest BCUT2D eigenvalue weighted by atomic mass is 16.6. The van der Waals surface area contributed by atoms with Crippen molar-refractivity contribution < 1.29 is 9.47 Å². The summed E-state index contributed by atoms with van der Waals surface area (Å²) in [6, 6.07) is 0. The van der Waals surface area contributed by atoms with Gasteiger partial charge >= 0.3 is 0 Å². The highest BCUT2D eigenvalue weighted by molar-refractivity contribution is 4.94. The summed E-state index contributed by atoms with van der Waals surface area (Å²) in [7, 11) is 1.72. The first-order chi connectivity index (χ1) is 4.17. The molecule has 0 aromatic carbocycles. The summed E-state index contributed by atoms with van der Waals surface area (Å²) in [6.07, 6.45) is 1.47. The summed E-state index contributed by atoms with van der Waals surface area (Å²) < 4.78 is 10.2. The van der Waals surface area contributed by atoms with Gasteiger partial charge in [0.15, 0.2) is 0 Å². The fourth-order valence-corrected chi connectivity index (χ4v) is 0.964. The second-order valence-corrected chi connectivity index (χ2v) is 2.99. The Balaban J connectivity index is 2.06. The summed E-state index contributed by atoms with van der Waals surface area (Å²) in [5.74, 6) is 0. The number of epoxide rings is 1. The summed E-state index contributed by atoms with van der Waals surface area (Å²) in [4.78, 5) is 0. The lowest BCUT2D eigenvalue weighted by atomic mass is 10.1. The molecule has 1 fully saturated rings. The van der Waals surface area contributed by atoms with Gasteiger partial charge in [-0.3, -0.25) is 0 Å². The quantitative estimate of drug-likeness (QED) is 0.535. The van der Waals surface area contributed by atoms with Crippen LogP contribution in [0.4, 0.5) is 0 Å². The Kier molecular flexibility index (Phi) is 1.78. The van der Waals surface area contributed by atoms with Crippen LogP contribution in [0.15, 0.2) is 0 Å². The molecule has 2 nitrogen and oxygen atoms in total. The van der Waals surface area contributed by atoms with Crippen molar-refractivity contribution in [3.8, 4) is 0 Å². The Morgan fingerprint density at radius 1 is 1.56 bits per heavy atom.